The third-order valence-corrected chi connectivity index (χ3v) is 2.20. The summed E-state index contributed by atoms with van der Waals surface area (Å²) in [7, 11) is 0. The highest BCUT2D eigenvalue weighted by Crippen LogP contribution is 2.15. The molecule has 1 atom stereocenters. The van der Waals surface area contributed by atoms with Crippen LogP contribution in [0.25, 0.3) is 0 Å². The van der Waals surface area contributed by atoms with Crippen molar-refractivity contribution >= 4 is 21.6 Å². The van der Waals surface area contributed by atoms with Crippen LogP contribution in [-0.4, -0.2) is 16.2 Å². The number of aromatic amines is 1. The highest BCUT2D eigenvalue weighted by molar-refractivity contribution is 9.10. The predicted octanol–water partition coefficient (Wildman–Crippen LogP) is 0.966. The summed E-state index contributed by atoms with van der Waals surface area (Å²) in [4.78, 5) is 11.1. The highest BCUT2D eigenvalue weighted by Gasteiger charge is 2.05. The maximum Gasteiger partial charge on any atom is 0.280 e. The van der Waals surface area contributed by atoms with E-state index in [1.165, 1.54) is 6.20 Å². The van der Waals surface area contributed by atoms with Crippen molar-refractivity contribution in [2.24, 2.45) is 0 Å². The molecule has 1 aromatic heterocycles. The normalized spacial score (nSPS) is 11.8. The molecule has 1 heterocycles. The van der Waals surface area contributed by atoms with E-state index in [9.17, 15) is 4.79 Å². The maximum atomic E-state index is 11.1. The smallest absolute Gasteiger partial charge is 0.280 e. The van der Waals surface area contributed by atoms with Crippen LogP contribution in [0.2, 0.25) is 0 Å². The fourth-order valence-corrected chi connectivity index (χ4v) is 1.06. The lowest BCUT2D eigenvalue weighted by Gasteiger charge is -2.08. The minimum absolute atomic E-state index is 0.139. The van der Waals surface area contributed by atoms with Gasteiger partial charge in [-0.3, -0.25) is 4.79 Å². The Morgan fingerprint density at radius 3 is 3.15 bits per heavy atom. The molecule has 1 aromatic rings. The largest absolute Gasteiger partial charge is 0.369 e. The molecule has 2 N–H and O–H groups in total. The van der Waals surface area contributed by atoms with Crippen LogP contribution in [0.1, 0.15) is 6.92 Å². The van der Waals surface area contributed by atoms with Gasteiger partial charge in [0.05, 0.1) is 17.9 Å². The number of anilines is 1. The van der Waals surface area contributed by atoms with Crippen LogP contribution in [0, 0.1) is 12.3 Å². The van der Waals surface area contributed by atoms with E-state index >= 15 is 0 Å². The first-order valence-corrected chi connectivity index (χ1v) is 4.40. The Bertz CT molecular complexity index is 393. The standard InChI is InChI=1S/C8H8BrN3O/c1-3-5(2)11-6-4-10-12-8(13)7(6)9/h1,4-5H,2H3,(H2,11,12,13). The fraction of sp³-hybridized carbons (Fsp3) is 0.250. The molecule has 0 spiro atoms. The Morgan fingerprint density at radius 2 is 2.54 bits per heavy atom. The molecule has 68 valence electrons. The van der Waals surface area contributed by atoms with Crippen LogP contribution in [0.3, 0.4) is 0 Å². The molecule has 0 aliphatic carbocycles. The highest BCUT2D eigenvalue weighted by atomic mass is 79.9. The number of halogens is 1. The zero-order chi connectivity index (χ0) is 9.84. The second-order valence-electron chi connectivity index (χ2n) is 2.46. The average Bonchev–Trinajstić information content (AvgIpc) is 2.13. The topological polar surface area (TPSA) is 57.8 Å². The summed E-state index contributed by atoms with van der Waals surface area (Å²) in [6, 6.07) is -0.139. The van der Waals surface area contributed by atoms with E-state index in [1.807, 2.05) is 6.92 Å². The quantitative estimate of drug-likeness (QED) is 0.759. The van der Waals surface area contributed by atoms with E-state index < -0.39 is 0 Å². The van der Waals surface area contributed by atoms with Crippen molar-refractivity contribution in [2.45, 2.75) is 13.0 Å². The summed E-state index contributed by atoms with van der Waals surface area (Å²) >= 11 is 3.12. The molecule has 0 fully saturated rings. The van der Waals surface area contributed by atoms with Gasteiger partial charge in [-0.2, -0.15) is 5.10 Å². The molecule has 0 aromatic carbocycles. The molecule has 4 nitrogen and oxygen atoms in total. The second-order valence-corrected chi connectivity index (χ2v) is 3.25. The SMILES string of the molecule is C#CC(C)Nc1cn[nH]c(=O)c1Br. The van der Waals surface area contributed by atoms with Crippen LogP contribution >= 0.6 is 15.9 Å². The van der Waals surface area contributed by atoms with Gasteiger partial charge in [0, 0.05) is 0 Å². The molecule has 5 heteroatoms. The number of nitrogens with one attached hydrogen (secondary N) is 2. The molecular weight excluding hydrogens is 234 g/mol. The Labute approximate surface area is 83.9 Å². The summed E-state index contributed by atoms with van der Waals surface area (Å²) in [5.74, 6) is 2.49. The van der Waals surface area contributed by atoms with E-state index in [0.29, 0.717) is 10.2 Å². The number of rotatable bonds is 2. The molecule has 0 saturated heterocycles. The van der Waals surface area contributed by atoms with Crippen molar-refractivity contribution in [1.29, 1.82) is 0 Å². The molecule has 0 saturated carbocycles. The van der Waals surface area contributed by atoms with Gasteiger partial charge in [-0.25, -0.2) is 5.10 Å². The van der Waals surface area contributed by atoms with Crippen LogP contribution in [0.15, 0.2) is 15.5 Å². The number of H-pyrrole nitrogens is 1. The second kappa shape index (κ2) is 4.10. The number of hydrogen-bond donors (Lipinski definition) is 2. The average molecular weight is 242 g/mol. The van der Waals surface area contributed by atoms with Gasteiger partial charge in [-0.15, -0.1) is 6.42 Å². The monoisotopic (exact) mass is 241 g/mol. The number of terminal acetylenes is 1. The number of nitrogens with zero attached hydrogens (tertiary/aromatic N) is 1. The molecule has 1 rings (SSSR count). The minimum Gasteiger partial charge on any atom is -0.369 e. The van der Waals surface area contributed by atoms with E-state index in [0.717, 1.165) is 0 Å². The molecular formula is C8H8BrN3O. The van der Waals surface area contributed by atoms with E-state index in [4.69, 9.17) is 6.42 Å². The lowest BCUT2D eigenvalue weighted by Crippen LogP contribution is -2.17. The molecule has 0 aliphatic heterocycles. The van der Waals surface area contributed by atoms with Crippen molar-refractivity contribution < 1.29 is 0 Å². The van der Waals surface area contributed by atoms with E-state index in [1.54, 1.807) is 0 Å². The predicted molar refractivity (Wildman–Crippen MR) is 54.5 cm³/mol. The van der Waals surface area contributed by atoms with Crippen molar-refractivity contribution in [2.75, 3.05) is 5.32 Å². The lowest BCUT2D eigenvalue weighted by atomic mass is 10.3. The first kappa shape index (κ1) is 9.81. The minimum atomic E-state index is -0.283. The first-order valence-electron chi connectivity index (χ1n) is 3.61. The molecule has 0 amide bonds. The lowest BCUT2D eigenvalue weighted by molar-refractivity contribution is 0.957. The summed E-state index contributed by atoms with van der Waals surface area (Å²) in [6.07, 6.45) is 6.67. The van der Waals surface area contributed by atoms with Gasteiger partial charge < -0.3 is 5.32 Å². The van der Waals surface area contributed by atoms with Crippen molar-refractivity contribution in [3.63, 3.8) is 0 Å². The summed E-state index contributed by atoms with van der Waals surface area (Å²) in [6.45, 7) is 1.81. The van der Waals surface area contributed by atoms with Gasteiger partial charge in [0.2, 0.25) is 0 Å². The van der Waals surface area contributed by atoms with Gasteiger partial charge in [0.25, 0.3) is 5.56 Å². The van der Waals surface area contributed by atoms with Gasteiger partial charge >= 0.3 is 0 Å². The van der Waals surface area contributed by atoms with Crippen LogP contribution in [0.4, 0.5) is 5.69 Å². The van der Waals surface area contributed by atoms with Crippen LogP contribution in [0.5, 0.6) is 0 Å². The number of aromatic nitrogens is 2. The Balaban J connectivity index is 2.97. The summed E-state index contributed by atoms with van der Waals surface area (Å²) in [5.41, 5.74) is 0.309. The molecule has 0 aliphatic rings. The van der Waals surface area contributed by atoms with Crippen LogP contribution in [-0.2, 0) is 0 Å². The Morgan fingerprint density at radius 1 is 1.85 bits per heavy atom. The maximum absolute atomic E-state index is 11.1. The van der Waals surface area contributed by atoms with Gasteiger partial charge in [-0.05, 0) is 22.9 Å². The first-order chi connectivity index (χ1) is 6.15. The third kappa shape index (κ3) is 2.33. The zero-order valence-corrected chi connectivity index (χ0v) is 8.55. The molecule has 13 heavy (non-hydrogen) atoms. The van der Waals surface area contributed by atoms with Crippen LogP contribution < -0.4 is 10.9 Å². The fourth-order valence-electron chi connectivity index (χ4n) is 0.759. The van der Waals surface area contributed by atoms with Crippen molar-refractivity contribution in [1.82, 2.24) is 10.2 Å². The van der Waals surface area contributed by atoms with Gasteiger partial charge in [0.1, 0.15) is 4.47 Å². The summed E-state index contributed by atoms with van der Waals surface area (Å²) < 4.78 is 0.407. The molecule has 1 unspecified atom stereocenters. The summed E-state index contributed by atoms with van der Waals surface area (Å²) in [5, 5.41) is 8.86. The number of hydrogen-bond acceptors (Lipinski definition) is 3. The van der Waals surface area contributed by atoms with E-state index in [2.05, 4.69) is 37.4 Å². The van der Waals surface area contributed by atoms with E-state index in [-0.39, 0.29) is 11.6 Å². The van der Waals surface area contributed by atoms with Gasteiger partial charge in [-0.1, -0.05) is 5.92 Å². The Hall–Kier alpha value is -1.28. The van der Waals surface area contributed by atoms with Crippen molar-refractivity contribution in [3.8, 4) is 12.3 Å². The molecule has 0 radical (unpaired) electrons. The zero-order valence-electron chi connectivity index (χ0n) is 6.97. The van der Waals surface area contributed by atoms with Gasteiger partial charge in [0.15, 0.2) is 0 Å². The van der Waals surface area contributed by atoms with Crippen molar-refractivity contribution in [3.05, 3.63) is 21.0 Å². The Kier molecular flexibility index (Phi) is 3.09. The third-order valence-electron chi connectivity index (χ3n) is 1.42. The molecule has 0 bridgehead atoms.